The van der Waals surface area contributed by atoms with Crippen molar-refractivity contribution in [3.05, 3.63) is 17.1 Å². The number of hydrogen-bond acceptors (Lipinski definition) is 4. The molecule has 0 fully saturated rings. The lowest BCUT2D eigenvalue weighted by atomic mass is 10.6. The number of allylic oxidation sites excluding steroid dienone is 1. The van der Waals surface area contributed by atoms with E-state index in [1.54, 1.807) is 0 Å². The van der Waals surface area contributed by atoms with Crippen LogP contribution in [0.3, 0.4) is 0 Å². The molecule has 10 heavy (non-hydrogen) atoms. The largest absolute Gasteiger partial charge is 0.511 e. The van der Waals surface area contributed by atoms with Gasteiger partial charge in [-0.1, -0.05) is 6.58 Å². The fourth-order valence-corrected chi connectivity index (χ4v) is 0.636. The maximum atomic E-state index is 8.71. The normalized spacial score (nSPS) is 9.60. The van der Waals surface area contributed by atoms with E-state index in [2.05, 4.69) is 22.1 Å². The molecule has 0 saturated carbocycles. The highest BCUT2D eigenvalue weighted by Gasteiger charge is 1.95. The van der Waals surface area contributed by atoms with E-state index >= 15 is 0 Å². The topological polar surface area (TPSA) is 66.7 Å². The molecule has 0 saturated heterocycles. The van der Waals surface area contributed by atoms with Gasteiger partial charge in [-0.25, -0.2) is 9.78 Å². The Morgan fingerprint density at radius 1 is 1.90 bits per heavy atom. The Morgan fingerprint density at radius 2 is 2.60 bits per heavy atom. The number of rotatable bonds is 2. The highest BCUT2D eigenvalue weighted by molar-refractivity contribution is 7.71. The minimum absolute atomic E-state index is 0.00463. The molecule has 54 valence electrons. The highest BCUT2D eigenvalue weighted by Crippen LogP contribution is 1.89. The minimum Gasteiger partial charge on any atom is -0.511 e. The van der Waals surface area contributed by atoms with Crippen LogP contribution in [0.2, 0.25) is 0 Å². The molecule has 0 aliphatic heterocycles. The Bertz CT molecular complexity index is 287. The van der Waals surface area contributed by atoms with Crippen LogP contribution in [0.5, 0.6) is 0 Å². The third-order valence-corrected chi connectivity index (χ3v) is 1.17. The summed E-state index contributed by atoms with van der Waals surface area (Å²) in [7, 11) is 0. The third-order valence-electron chi connectivity index (χ3n) is 0.865. The van der Waals surface area contributed by atoms with Gasteiger partial charge in [0.15, 0.2) is 0 Å². The van der Waals surface area contributed by atoms with Gasteiger partial charge < -0.3 is 5.11 Å². The summed E-state index contributed by atoms with van der Waals surface area (Å²) < 4.78 is 1.70. The average molecular weight is 158 g/mol. The monoisotopic (exact) mass is 158 g/mol. The van der Waals surface area contributed by atoms with Crippen LogP contribution in [-0.2, 0) is 6.54 Å². The molecule has 0 aromatic carbocycles. The number of hydrogen-bond donors (Lipinski definition) is 2. The van der Waals surface area contributed by atoms with Gasteiger partial charge in [0.05, 0.1) is 0 Å². The van der Waals surface area contributed by atoms with Gasteiger partial charge in [-0.2, -0.15) is 0 Å². The van der Waals surface area contributed by atoms with E-state index in [4.69, 9.17) is 17.3 Å². The molecule has 1 aromatic rings. The van der Waals surface area contributed by atoms with Crippen molar-refractivity contribution >= 4 is 12.2 Å². The van der Waals surface area contributed by atoms with Crippen LogP contribution in [0.4, 0.5) is 0 Å². The molecule has 6 heteroatoms. The molecule has 0 atom stereocenters. The third kappa shape index (κ3) is 1.41. The second kappa shape index (κ2) is 2.61. The van der Waals surface area contributed by atoms with E-state index in [0.717, 1.165) is 0 Å². The maximum Gasteiger partial charge on any atom is 0.213 e. The van der Waals surface area contributed by atoms with Crippen molar-refractivity contribution < 1.29 is 5.11 Å². The number of H-pyrrole nitrogens is 1. The van der Waals surface area contributed by atoms with Crippen molar-refractivity contribution in [2.75, 3.05) is 0 Å². The molecule has 2 N–H and O–H groups in total. The van der Waals surface area contributed by atoms with Crippen molar-refractivity contribution in [1.29, 1.82) is 0 Å². The molecule has 1 heterocycles. The molecule has 0 amide bonds. The molecule has 0 aliphatic rings. The van der Waals surface area contributed by atoms with Crippen LogP contribution in [0, 0.1) is 4.77 Å². The Balaban J connectivity index is 2.85. The first-order valence-electron chi connectivity index (χ1n) is 2.55. The summed E-state index contributed by atoms with van der Waals surface area (Å²) in [5.74, 6) is 0.00463. The number of tetrazole rings is 1. The van der Waals surface area contributed by atoms with Gasteiger partial charge in [0.2, 0.25) is 4.77 Å². The molecule has 1 aromatic heterocycles. The number of nitrogens with one attached hydrogen (secondary N) is 1. The summed E-state index contributed by atoms with van der Waals surface area (Å²) in [5.41, 5.74) is 0. The van der Waals surface area contributed by atoms with E-state index in [1.165, 1.54) is 4.68 Å². The zero-order valence-electron chi connectivity index (χ0n) is 5.11. The first-order chi connectivity index (χ1) is 4.70. The first kappa shape index (κ1) is 6.94. The van der Waals surface area contributed by atoms with E-state index in [-0.39, 0.29) is 12.3 Å². The average Bonchev–Trinajstić information content (AvgIpc) is 2.15. The number of nitrogens with zero attached hydrogens (tertiary/aromatic N) is 3. The molecular weight excluding hydrogens is 152 g/mol. The lowest BCUT2D eigenvalue weighted by molar-refractivity contribution is 0.367. The van der Waals surface area contributed by atoms with Crippen LogP contribution in [0.1, 0.15) is 0 Å². The Hall–Kier alpha value is -1.17. The summed E-state index contributed by atoms with van der Waals surface area (Å²) in [6, 6.07) is 0. The summed E-state index contributed by atoms with van der Waals surface area (Å²) in [4.78, 5) is 0. The van der Waals surface area contributed by atoms with Gasteiger partial charge in [-0.3, -0.25) is 0 Å². The second-order valence-corrected chi connectivity index (χ2v) is 2.12. The molecule has 5 nitrogen and oxygen atoms in total. The van der Waals surface area contributed by atoms with Crippen LogP contribution in [0.15, 0.2) is 12.3 Å². The molecule has 0 radical (unpaired) electrons. The van der Waals surface area contributed by atoms with E-state index in [1.807, 2.05) is 0 Å². The van der Waals surface area contributed by atoms with Crippen LogP contribution in [-0.4, -0.2) is 25.3 Å². The fourth-order valence-electron chi connectivity index (χ4n) is 0.494. The Labute approximate surface area is 62.0 Å². The number of aromatic amines is 1. The van der Waals surface area contributed by atoms with Crippen LogP contribution < -0.4 is 0 Å². The van der Waals surface area contributed by atoms with Crippen LogP contribution in [0.25, 0.3) is 0 Å². The van der Waals surface area contributed by atoms with Crippen molar-refractivity contribution in [3.8, 4) is 0 Å². The van der Waals surface area contributed by atoms with Gasteiger partial charge in [-0.15, -0.1) is 0 Å². The smallest absolute Gasteiger partial charge is 0.213 e. The van der Waals surface area contributed by atoms with Crippen molar-refractivity contribution in [2.45, 2.75) is 6.54 Å². The highest BCUT2D eigenvalue weighted by atomic mass is 32.1. The predicted molar refractivity (Wildman–Crippen MR) is 37.0 cm³/mol. The summed E-state index contributed by atoms with van der Waals surface area (Å²) in [5, 5.41) is 18.1. The van der Waals surface area contributed by atoms with Gasteiger partial charge in [-0.05, 0) is 22.6 Å². The summed E-state index contributed by atoms with van der Waals surface area (Å²) >= 11 is 4.73. The second-order valence-electron chi connectivity index (χ2n) is 1.73. The lowest BCUT2D eigenvalue weighted by Crippen LogP contribution is -2.01. The molecular formula is C4H6N4OS. The maximum absolute atomic E-state index is 8.71. The zero-order valence-corrected chi connectivity index (χ0v) is 5.93. The lowest BCUT2D eigenvalue weighted by Gasteiger charge is -1.93. The SMILES string of the molecule is C=C(O)Cn1nn[nH]c1=S. The van der Waals surface area contributed by atoms with E-state index in [9.17, 15) is 0 Å². The van der Waals surface area contributed by atoms with Gasteiger partial charge in [0.25, 0.3) is 0 Å². The molecule has 0 bridgehead atoms. The molecule has 1 rings (SSSR count). The zero-order chi connectivity index (χ0) is 7.56. The van der Waals surface area contributed by atoms with Crippen molar-refractivity contribution in [3.63, 3.8) is 0 Å². The molecule has 0 spiro atoms. The summed E-state index contributed by atoms with van der Waals surface area (Å²) in [6.07, 6.45) is 0. The predicted octanol–water partition coefficient (Wildman–Crippen LogP) is 0.407. The van der Waals surface area contributed by atoms with Gasteiger partial charge in [0.1, 0.15) is 12.3 Å². The summed E-state index contributed by atoms with van der Waals surface area (Å²) in [6.45, 7) is 3.47. The van der Waals surface area contributed by atoms with E-state index < -0.39 is 0 Å². The Morgan fingerprint density at radius 3 is 3.00 bits per heavy atom. The minimum atomic E-state index is 0.00463. The first-order valence-corrected chi connectivity index (χ1v) is 2.96. The molecule has 0 aliphatic carbocycles. The van der Waals surface area contributed by atoms with Crippen molar-refractivity contribution in [1.82, 2.24) is 20.2 Å². The number of aliphatic hydroxyl groups is 1. The quantitative estimate of drug-likeness (QED) is 0.483. The van der Waals surface area contributed by atoms with Crippen molar-refractivity contribution in [2.24, 2.45) is 0 Å². The van der Waals surface area contributed by atoms with Crippen LogP contribution >= 0.6 is 12.2 Å². The van der Waals surface area contributed by atoms with E-state index in [0.29, 0.717) is 4.77 Å². The van der Waals surface area contributed by atoms with Gasteiger partial charge in [0, 0.05) is 0 Å². The van der Waals surface area contributed by atoms with Gasteiger partial charge >= 0.3 is 0 Å². The molecule has 0 unspecified atom stereocenters. The number of aliphatic hydroxyl groups excluding tert-OH is 1. The fraction of sp³-hybridized carbons (Fsp3) is 0.250. The number of aromatic nitrogens is 4. The Kier molecular flexibility index (Phi) is 1.81. The standard InChI is InChI=1S/C4H6N4OS/c1-3(9)2-8-4(10)5-6-7-8/h9H,1-2H2,(H,5,7,10).